The molecule has 0 amide bonds. The Morgan fingerprint density at radius 3 is 2.11 bits per heavy atom. The van der Waals surface area contributed by atoms with Gasteiger partial charge in [-0.2, -0.15) is 0 Å². The average molecular weight is 191 g/mol. The molecule has 0 aromatic heterocycles. The van der Waals surface area contributed by atoms with E-state index in [2.05, 4.69) is 0 Å². The van der Waals surface area contributed by atoms with Gasteiger partial charge >= 0.3 is 5.97 Å². The third-order valence-electron chi connectivity index (χ3n) is 0.701. The number of carboxylic acid groups (broad SMARTS) is 1. The van der Waals surface area contributed by atoms with E-state index in [4.69, 9.17) is 39.9 Å². The van der Waals surface area contributed by atoms with Crippen molar-refractivity contribution in [2.75, 3.05) is 5.88 Å². The molecule has 0 fully saturated rings. The number of alkyl halides is 3. The smallest absolute Gasteiger partial charge is 0.323 e. The predicted molar refractivity (Wildman–Crippen MR) is 37.6 cm³/mol. The largest absolute Gasteiger partial charge is 0.480 e. The molecule has 0 spiro atoms. The summed E-state index contributed by atoms with van der Waals surface area (Å²) in [6.07, 6.45) is 0. The van der Waals surface area contributed by atoms with Gasteiger partial charge in [0.25, 0.3) is 0 Å². The quantitative estimate of drug-likeness (QED) is 0.687. The van der Waals surface area contributed by atoms with Crippen LogP contribution in [0.5, 0.6) is 0 Å². The normalized spacial score (nSPS) is 16.8. The zero-order chi connectivity index (χ0) is 7.44. The molecule has 0 radical (unpaired) electrons. The molecule has 9 heavy (non-hydrogen) atoms. The molecule has 0 aliphatic carbocycles. The number of carbonyl (C=O) groups is 1. The van der Waals surface area contributed by atoms with Gasteiger partial charge in [0, 0.05) is 5.88 Å². The fraction of sp³-hybridized carbons (Fsp3) is 0.750. The van der Waals surface area contributed by atoms with Crippen LogP contribution in [0.15, 0.2) is 0 Å². The zero-order valence-corrected chi connectivity index (χ0v) is 6.62. The Bertz CT molecular complexity index is 106. The molecule has 0 saturated carbocycles. The molecular weight excluding hydrogens is 186 g/mol. The molecule has 0 heterocycles. The molecular formula is C4H5Cl3O2. The van der Waals surface area contributed by atoms with Crippen molar-refractivity contribution >= 4 is 40.8 Å². The first-order valence-corrected chi connectivity index (χ1v) is 3.57. The molecule has 0 aliphatic heterocycles. The molecule has 2 atom stereocenters. The molecule has 0 aromatic carbocycles. The van der Waals surface area contributed by atoms with Crippen LogP contribution in [-0.4, -0.2) is 27.7 Å². The van der Waals surface area contributed by atoms with Crippen molar-refractivity contribution in [2.24, 2.45) is 0 Å². The van der Waals surface area contributed by atoms with Gasteiger partial charge in [-0.25, -0.2) is 0 Å². The standard InChI is InChI=1S/C4H5Cl3O2/c5-1-2(6)3(7)4(8)9/h2-3H,1H2,(H,8,9). The molecule has 0 rings (SSSR count). The molecule has 0 bridgehead atoms. The molecule has 2 unspecified atom stereocenters. The van der Waals surface area contributed by atoms with Gasteiger partial charge in [-0.1, -0.05) is 0 Å². The maximum Gasteiger partial charge on any atom is 0.323 e. The van der Waals surface area contributed by atoms with Gasteiger partial charge in [-0.3, -0.25) is 4.79 Å². The highest BCUT2D eigenvalue weighted by Crippen LogP contribution is 2.11. The van der Waals surface area contributed by atoms with Crippen molar-refractivity contribution in [1.29, 1.82) is 0 Å². The zero-order valence-electron chi connectivity index (χ0n) is 4.35. The van der Waals surface area contributed by atoms with E-state index in [9.17, 15) is 4.79 Å². The highest BCUT2D eigenvalue weighted by Gasteiger charge is 2.22. The van der Waals surface area contributed by atoms with Crippen LogP contribution in [0, 0.1) is 0 Å². The van der Waals surface area contributed by atoms with Crippen LogP contribution in [0.1, 0.15) is 0 Å². The van der Waals surface area contributed by atoms with E-state index >= 15 is 0 Å². The third kappa shape index (κ3) is 3.14. The van der Waals surface area contributed by atoms with E-state index in [-0.39, 0.29) is 5.88 Å². The van der Waals surface area contributed by atoms with Crippen LogP contribution < -0.4 is 0 Å². The number of hydrogen-bond donors (Lipinski definition) is 1. The monoisotopic (exact) mass is 190 g/mol. The number of rotatable bonds is 3. The Morgan fingerprint density at radius 1 is 1.56 bits per heavy atom. The summed E-state index contributed by atoms with van der Waals surface area (Å²) in [5.41, 5.74) is 0. The van der Waals surface area contributed by atoms with Crippen molar-refractivity contribution in [3.63, 3.8) is 0 Å². The molecule has 0 saturated heterocycles. The van der Waals surface area contributed by atoms with Crippen LogP contribution in [0.25, 0.3) is 0 Å². The van der Waals surface area contributed by atoms with Gasteiger partial charge < -0.3 is 5.11 Å². The van der Waals surface area contributed by atoms with Crippen molar-refractivity contribution < 1.29 is 9.90 Å². The van der Waals surface area contributed by atoms with E-state index < -0.39 is 16.7 Å². The minimum absolute atomic E-state index is 0.0437. The van der Waals surface area contributed by atoms with Crippen molar-refractivity contribution in [1.82, 2.24) is 0 Å². The van der Waals surface area contributed by atoms with Crippen LogP contribution in [0.2, 0.25) is 0 Å². The molecule has 5 heteroatoms. The second-order valence-corrected chi connectivity index (χ2v) is 2.75. The van der Waals surface area contributed by atoms with Crippen LogP contribution in [0.4, 0.5) is 0 Å². The number of halogens is 3. The lowest BCUT2D eigenvalue weighted by atomic mass is 10.3. The highest BCUT2D eigenvalue weighted by atomic mass is 35.5. The summed E-state index contributed by atoms with van der Waals surface area (Å²) < 4.78 is 0. The van der Waals surface area contributed by atoms with Crippen LogP contribution in [0.3, 0.4) is 0 Å². The molecule has 54 valence electrons. The summed E-state index contributed by atoms with van der Waals surface area (Å²) >= 11 is 15.8. The molecule has 2 nitrogen and oxygen atoms in total. The van der Waals surface area contributed by atoms with E-state index in [0.717, 1.165) is 0 Å². The van der Waals surface area contributed by atoms with Crippen LogP contribution >= 0.6 is 34.8 Å². The summed E-state index contributed by atoms with van der Waals surface area (Å²) in [6, 6.07) is 0. The number of hydrogen-bond acceptors (Lipinski definition) is 1. The Labute approximate surface area is 67.7 Å². The summed E-state index contributed by atoms with van der Waals surface area (Å²) in [4.78, 5) is 10.0. The SMILES string of the molecule is O=C(O)C(Cl)C(Cl)CCl. The van der Waals surface area contributed by atoms with E-state index in [1.54, 1.807) is 0 Å². The second-order valence-electron chi connectivity index (χ2n) is 1.41. The van der Waals surface area contributed by atoms with Crippen molar-refractivity contribution in [2.45, 2.75) is 10.8 Å². The summed E-state index contributed by atoms with van der Waals surface area (Å²) in [6.45, 7) is 0. The summed E-state index contributed by atoms with van der Waals surface area (Å²) in [7, 11) is 0. The van der Waals surface area contributed by atoms with Gasteiger partial charge in [0.2, 0.25) is 0 Å². The first-order valence-electron chi connectivity index (χ1n) is 2.16. The van der Waals surface area contributed by atoms with Gasteiger partial charge in [-0.05, 0) is 0 Å². The molecule has 0 aliphatic rings. The Hall–Kier alpha value is 0.340. The second kappa shape index (κ2) is 4.20. The van der Waals surface area contributed by atoms with Gasteiger partial charge in [-0.15, -0.1) is 34.8 Å². The lowest BCUT2D eigenvalue weighted by Crippen LogP contribution is -2.25. The minimum Gasteiger partial charge on any atom is -0.480 e. The van der Waals surface area contributed by atoms with Crippen molar-refractivity contribution in [3.05, 3.63) is 0 Å². The Balaban J connectivity index is 3.72. The van der Waals surface area contributed by atoms with Gasteiger partial charge in [0.15, 0.2) is 0 Å². The van der Waals surface area contributed by atoms with E-state index in [1.807, 2.05) is 0 Å². The Morgan fingerprint density at radius 2 is 2.00 bits per heavy atom. The summed E-state index contributed by atoms with van der Waals surface area (Å²) in [5, 5.41) is 6.41. The fourth-order valence-electron chi connectivity index (χ4n) is 0.233. The van der Waals surface area contributed by atoms with E-state index in [1.165, 1.54) is 0 Å². The lowest BCUT2D eigenvalue weighted by Gasteiger charge is -2.06. The van der Waals surface area contributed by atoms with E-state index in [0.29, 0.717) is 0 Å². The van der Waals surface area contributed by atoms with Gasteiger partial charge in [0.05, 0.1) is 5.38 Å². The van der Waals surface area contributed by atoms with Crippen molar-refractivity contribution in [3.8, 4) is 0 Å². The topological polar surface area (TPSA) is 37.3 Å². The highest BCUT2D eigenvalue weighted by molar-refractivity contribution is 6.38. The molecule has 0 aromatic rings. The van der Waals surface area contributed by atoms with Crippen LogP contribution in [-0.2, 0) is 4.79 Å². The van der Waals surface area contributed by atoms with Gasteiger partial charge in [0.1, 0.15) is 5.38 Å². The summed E-state index contributed by atoms with van der Waals surface area (Å²) in [5.74, 6) is -1.10. The maximum absolute atomic E-state index is 10.0. The number of carboxylic acids is 1. The average Bonchev–Trinajstić information content (AvgIpc) is 1.84. The number of aliphatic carboxylic acids is 1. The Kier molecular flexibility index (Phi) is 4.36. The molecule has 1 N–H and O–H groups in total. The first kappa shape index (κ1) is 9.34. The predicted octanol–water partition coefficient (Wildman–Crippen LogP) is 1.52. The fourth-order valence-corrected chi connectivity index (χ4v) is 0.699. The first-order chi connectivity index (χ1) is 4.09. The lowest BCUT2D eigenvalue weighted by molar-refractivity contribution is -0.136. The third-order valence-corrected chi connectivity index (χ3v) is 2.22. The minimum atomic E-state index is -1.14. The maximum atomic E-state index is 10.0.